The number of anilines is 2. The number of pyridine rings is 1. The molecule has 0 bridgehead atoms. The molecular weight excluding hydrogens is 380 g/mol. The van der Waals surface area contributed by atoms with Crippen molar-refractivity contribution in [2.45, 2.75) is 46.3 Å². The lowest BCUT2D eigenvalue weighted by molar-refractivity contribution is 0.0224. The third-order valence-corrected chi connectivity index (χ3v) is 4.81. The summed E-state index contributed by atoms with van der Waals surface area (Å²) in [5.41, 5.74) is 3.80. The molecule has 1 N–H and O–H groups in total. The molecule has 1 aromatic carbocycles. The third kappa shape index (κ3) is 5.09. The Morgan fingerprint density at radius 3 is 2.53 bits per heavy atom. The fraction of sp³-hybridized carbons (Fsp3) is 0.435. The van der Waals surface area contributed by atoms with E-state index in [2.05, 4.69) is 10.3 Å². The van der Waals surface area contributed by atoms with Gasteiger partial charge in [0.15, 0.2) is 0 Å². The lowest BCUT2D eigenvalue weighted by Crippen LogP contribution is -2.39. The Labute approximate surface area is 178 Å². The van der Waals surface area contributed by atoms with Crippen molar-refractivity contribution in [2.24, 2.45) is 0 Å². The first kappa shape index (κ1) is 21.6. The maximum atomic E-state index is 12.8. The van der Waals surface area contributed by atoms with E-state index in [-0.39, 0.29) is 12.0 Å². The van der Waals surface area contributed by atoms with Crippen molar-refractivity contribution in [3.63, 3.8) is 0 Å². The van der Waals surface area contributed by atoms with Crippen LogP contribution in [-0.2, 0) is 17.7 Å². The number of fused-ring (bicyclic) bond motifs is 1. The first-order chi connectivity index (χ1) is 14.0. The molecular formula is C23H30N4O3. The summed E-state index contributed by atoms with van der Waals surface area (Å²) in [5.74, 6) is 0.441. The number of benzene rings is 1. The average molecular weight is 411 g/mol. The highest BCUT2D eigenvalue weighted by molar-refractivity contribution is 6.07. The molecule has 7 heteroatoms. The number of nitrogens with zero attached hydrogens (tertiary/aromatic N) is 3. The Balaban J connectivity index is 1.73. The summed E-state index contributed by atoms with van der Waals surface area (Å²) >= 11 is 0. The van der Waals surface area contributed by atoms with Crippen molar-refractivity contribution in [3.05, 3.63) is 52.7 Å². The van der Waals surface area contributed by atoms with E-state index in [9.17, 15) is 9.59 Å². The molecule has 1 aromatic heterocycles. The Bertz CT molecular complexity index is 963. The Morgan fingerprint density at radius 1 is 1.13 bits per heavy atom. The highest BCUT2D eigenvalue weighted by Crippen LogP contribution is 2.25. The van der Waals surface area contributed by atoms with Crippen LogP contribution < -0.4 is 10.2 Å². The van der Waals surface area contributed by atoms with Crippen LogP contribution in [0, 0.1) is 6.92 Å². The van der Waals surface area contributed by atoms with E-state index in [0.29, 0.717) is 30.9 Å². The molecule has 2 amide bonds. The fourth-order valence-electron chi connectivity index (χ4n) is 3.37. The van der Waals surface area contributed by atoms with Crippen LogP contribution in [0.15, 0.2) is 30.3 Å². The van der Waals surface area contributed by atoms with Gasteiger partial charge in [-0.25, -0.2) is 9.78 Å². The number of amides is 2. The first-order valence-corrected chi connectivity index (χ1v) is 10.1. The maximum absolute atomic E-state index is 12.8. The van der Waals surface area contributed by atoms with Crippen molar-refractivity contribution in [1.82, 2.24) is 9.88 Å². The molecule has 0 atom stereocenters. The first-order valence-electron chi connectivity index (χ1n) is 10.1. The van der Waals surface area contributed by atoms with Gasteiger partial charge >= 0.3 is 6.09 Å². The molecule has 2 heterocycles. The zero-order chi connectivity index (χ0) is 22.1. The molecule has 30 heavy (non-hydrogen) atoms. The fourth-order valence-corrected chi connectivity index (χ4v) is 3.37. The van der Waals surface area contributed by atoms with E-state index >= 15 is 0 Å². The van der Waals surface area contributed by atoms with Gasteiger partial charge in [-0.2, -0.15) is 0 Å². The van der Waals surface area contributed by atoms with Gasteiger partial charge in [0.05, 0.1) is 5.56 Å². The molecule has 0 saturated heterocycles. The number of aryl methyl sites for hydroxylation is 1. The van der Waals surface area contributed by atoms with Gasteiger partial charge in [0.25, 0.3) is 5.91 Å². The number of carbonyl (C=O) groups excluding carboxylic acids is 2. The van der Waals surface area contributed by atoms with Gasteiger partial charge in [-0.1, -0.05) is 6.07 Å². The SMILES string of the molecule is Cc1ccc(C(=O)Nc2ccc3c(c2)CCN(C(=O)OC(C)(C)C)C3)c(N(C)C)n1. The Hall–Kier alpha value is -3.09. The minimum absolute atomic E-state index is 0.197. The second-order valence-corrected chi connectivity index (χ2v) is 8.81. The van der Waals surface area contributed by atoms with Gasteiger partial charge in [0.1, 0.15) is 11.4 Å². The number of nitrogens with one attached hydrogen (secondary N) is 1. The standard InChI is InChI=1S/C23H30N4O3/c1-15-7-10-19(20(24-15)26(5)6)21(28)25-18-9-8-17-14-27(12-11-16(17)13-18)22(29)30-23(2,3)4/h7-10,13H,11-12,14H2,1-6H3,(H,25,28). The van der Waals surface area contributed by atoms with Gasteiger partial charge in [-0.15, -0.1) is 0 Å². The minimum atomic E-state index is -0.512. The molecule has 1 aliphatic rings. The van der Waals surface area contributed by atoms with Crippen LogP contribution in [0.5, 0.6) is 0 Å². The maximum Gasteiger partial charge on any atom is 0.410 e. The summed E-state index contributed by atoms with van der Waals surface area (Å²) in [6.45, 7) is 8.59. The Morgan fingerprint density at radius 2 is 1.87 bits per heavy atom. The molecule has 0 radical (unpaired) electrons. The quantitative estimate of drug-likeness (QED) is 0.828. The molecule has 0 spiro atoms. The topological polar surface area (TPSA) is 74.8 Å². The van der Waals surface area contributed by atoms with Crippen molar-refractivity contribution < 1.29 is 14.3 Å². The zero-order valence-corrected chi connectivity index (χ0v) is 18.6. The van der Waals surface area contributed by atoms with Crippen molar-refractivity contribution in [1.29, 1.82) is 0 Å². The third-order valence-electron chi connectivity index (χ3n) is 4.81. The molecule has 0 aliphatic carbocycles. The van der Waals surface area contributed by atoms with Crippen LogP contribution in [0.4, 0.5) is 16.3 Å². The molecule has 1 aliphatic heterocycles. The number of ether oxygens (including phenoxy) is 1. The molecule has 7 nitrogen and oxygen atoms in total. The second kappa shape index (κ2) is 8.34. The highest BCUT2D eigenvalue weighted by atomic mass is 16.6. The van der Waals surface area contributed by atoms with E-state index in [4.69, 9.17) is 4.74 Å². The molecule has 0 unspecified atom stereocenters. The van der Waals surface area contributed by atoms with Crippen molar-refractivity contribution >= 4 is 23.5 Å². The monoisotopic (exact) mass is 410 g/mol. The van der Waals surface area contributed by atoms with Crippen LogP contribution in [0.25, 0.3) is 0 Å². The summed E-state index contributed by atoms with van der Waals surface area (Å²) in [7, 11) is 3.74. The molecule has 160 valence electrons. The molecule has 3 rings (SSSR count). The number of carbonyl (C=O) groups is 2. The van der Waals surface area contributed by atoms with Gasteiger partial charge in [-0.05, 0) is 69.5 Å². The van der Waals surface area contributed by atoms with E-state index in [1.165, 1.54) is 0 Å². The lowest BCUT2D eigenvalue weighted by Gasteiger charge is -2.31. The van der Waals surface area contributed by atoms with Crippen LogP contribution in [0.3, 0.4) is 0 Å². The van der Waals surface area contributed by atoms with E-state index in [0.717, 1.165) is 22.5 Å². The summed E-state index contributed by atoms with van der Waals surface area (Å²) in [6.07, 6.45) is 0.418. The molecule has 2 aromatic rings. The van der Waals surface area contributed by atoms with Crippen LogP contribution in [-0.4, -0.2) is 48.1 Å². The highest BCUT2D eigenvalue weighted by Gasteiger charge is 2.26. The number of aromatic nitrogens is 1. The van der Waals surface area contributed by atoms with E-state index in [1.807, 2.05) is 71.0 Å². The largest absolute Gasteiger partial charge is 0.444 e. The van der Waals surface area contributed by atoms with Crippen molar-refractivity contribution in [2.75, 3.05) is 30.9 Å². The van der Waals surface area contributed by atoms with Crippen LogP contribution in [0.2, 0.25) is 0 Å². The smallest absolute Gasteiger partial charge is 0.410 e. The van der Waals surface area contributed by atoms with Gasteiger partial charge < -0.3 is 19.9 Å². The van der Waals surface area contributed by atoms with Gasteiger partial charge in [0.2, 0.25) is 0 Å². The summed E-state index contributed by atoms with van der Waals surface area (Å²) < 4.78 is 5.48. The number of hydrogen-bond donors (Lipinski definition) is 1. The predicted octanol–water partition coefficient (Wildman–Crippen LogP) is 4.00. The predicted molar refractivity (Wildman–Crippen MR) is 118 cm³/mol. The van der Waals surface area contributed by atoms with Crippen LogP contribution >= 0.6 is 0 Å². The van der Waals surface area contributed by atoms with Gasteiger partial charge in [-0.3, -0.25) is 4.79 Å². The normalized spacial score (nSPS) is 13.5. The minimum Gasteiger partial charge on any atom is -0.444 e. The number of hydrogen-bond acceptors (Lipinski definition) is 5. The number of rotatable bonds is 3. The Kier molecular flexibility index (Phi) is 6.01. The van der Waals surface area contributed by atoms with E-state index < -0.39 is 5.60 Å². The zero-order valence-electron chi connectivity index (χ0n) is 18.6. The second-order valence-electron chi connectivity index (χ2n) is 8.81. The molecule has 0 fully saturated rings. The summed E-state index contributed by atoms with van der Waals surface area (Å²) in [5, 5.41) is 2.98. The summed E-state index contributed by atoms with van der Waals surface area (Å²) in [6, 6.07) is 9.44. The van der Waals surface area contributed by atoms with Crippen LogP contribution in [0.1, 0.15) is 48.0 Å². The summed E-state index contributed by atoms with van der Waals surface area (Å²) in [4.78, 5) is 33.2. The van der Waals surface area contributed by atoms with Gasteiger partial charge in [0, 0.05) is 38.6 Å². The van der Waals surface area contributed by atoms with Crippen molar-refractivity contribution in [3.8, 4) is 0 Å². The molecule has 0 saturated carbocycles. The lowest BCUT2D eigenvalue weighted by atomic mass is 9.99. The average Bonchev–Trinajstić information content (AvgIpc) is 2.66. The van der Waals surface area contributed by atoms with E-state index in [1.54, 1.807) is 11.0 Å².